The predicted octanol–water partition coefficient (Wildman–Crippen LogP) is -0.584. The average Bonchev–Trinajstić information content (AvgIpc) is 3.21. The molecule has 1 aromatic rings. The fourth-order valence-electron chi connectivity index (χ4n) is 2.87. The number of aromatic nitrogens is 3. The molecule has 0 bridgehead atoms. The Labute approximate surface area is 140 Å². The van der Waals surface area contributed by atoms with Gasteiger partial charge in [0.15, 0.2) is 5.69 Å². The maximum absolute atomic E-state index is 12.2. The molecule has 0 spiro atoms. The molecule has 1 aromatic heterocycles. The highest BCUT2D eigenvalue weighted by molar-refractivity contribution is 5.91. The number of likely N-dealkylation sites (tertiary alicyclic amines) is 1. The summed E-state index contributed by atoms with van der Waals surface area (Å²) in [5.41, 5.74) is 0.308. The summed E-state index contributed by atoms with van der Waals surface area (Å²) in [7, 11) is 3.30. The second kappa shape index (κ2) is 7.27. The Morgan fingerprint density at radius 3 is 2.92 bits per heavy atom. The molecule has 132 valence electrons. The van der Waals surface area contributed by atoms with Crippen molar-refractivity contribution in [1.82, 2.24) is 24.8 Å². The van der Waals surface area contributed by atoms with Gasteiger partial charge in [-0.2, -0.15) is 0 Å². The third kappa shape index (κ3) is 3.41. The van der Waals surface area contributed by atoms with Gasteiger partial charge in [0, 0.05) is 40.4 Å². The van der Waals surface area contributed by atoms with E-state index in [0.717, 1.165) is 6.42 Å². The molecular weight excluding hydrogens is 314 g/mol. The summed E-state index contributed by atoms with van der Waals surface area (Å²) in [5.74, 6) is -0.0404. The van der Waals surface area contributed by atoms with E-state index in [1.54, 1.807) is 29.9 Å². The second-order valence-electron chi connectivity index (χ2n) is 6.26. The highest BCUT2D eigenvalue weighted by atomic mass is 16.5. The number of methoxy groups -OCH3 is 1. The van der Waals surface area contributed by atoms with Crippen LogP contribution in [0.4, 0.5) is 0 Å². The fourth-order valence-corrected chi connectivity index (χ4v) is 2.87. The Morgan fingerprint density at radius 2 is 2.25 bits per heavy atom. The molecule has 3 rings (SSSR count). The largest absolute Gasteiger partial charge is 0.383 e. The van der Waals surface area contributed by atoms with Gasteiger partial charge >= 0.3 is 0 Å². The second-order valence-corrected chi connectivity index (χ2v) is 6.26. The lowest BCUT2D eigenvalue weighted by Crippen LogP contribution is -2.52. The van der Waals surface area contributed by atoms with Crippen LogP contribution in [0.1, 0.15) is 23.0 Å². The molecule has 0 radical (unpaired) electrons. The molecule has 2 amide bonds. The maximum Gasteiger partial charge on any atom is 0.275 e. The summed E-state index contributed by atoms with van der Waals surface area (Å²) in [6, 6.07) is 0.0783. The van der Waals surface area contributed by atoms with Crippen molar-refractivity contribution in [3.8, 4) is 0 Å². The number of carbonyl (C=O) groups excluding carboxylic acids is 2. The normalized spacial score (nSPS) is 20.9. The van der Waals surface area contributed by atoms with Gasteiger partial charge in [0.05, 0.1) is 31.4 Å². The maximum atomic E-state index is 12.2. The molecule has 0 saturated carbocycles. The standard InChI is InChI=1S/C15H23N5O4/c1-18(4-6-23-2)15(22)13-9-20(17-16-13)12-7-19(8-12)14(21)11-3-5-24-10-11/h9,11-12H,3-8,10H2,1-2H3. The summed E-state index contributed by atoms with van der Waals surface area (Å²) in [6.45, 7) is 3.37. The number of hydrogen-bond donors (Lipinski definition) is 0. The topological polar surface area (TPSA) is 89.8 Å². The van der Waals surface area contributed by atoms with Crippen molar-refractivity contribution in [3.63, 3.8) is 0 Å². The van der Waals surface area contributed by atoms with E-state index in [1.807, 2.05) is 4.90 Å². The summed E-state index contributed by atoms with van der Waals surface area (Å²) in [4.78, 5) is 27.8. The van der Waals surface area contributed by atoms with Crippen LogP contribution in [-0.2, 0) is 14.3 Å². The minimum Gasteiger partial charge on any atom is -0.383 e. The van der Waals surface area contributed by atoms with Crippen molar-refractivity contribution >= 4 is 11.8 Å². The zero-order valence-corrected chi connectivity index (χ0v) is 14.1. The summed E-state index contributed by atoms with van der Waals surface area (Å²) < 4.78 is 11.9. The predicted molar refractivity (Wildman–Crippen MR) is 83.4 cm³/mol. The molecule has 2 aliphatic rings. The summed E-state index contributed by atoms with van der Waals surface area (Å²) >= 11 is 0. The molecule has 1 atom stereocenters. The van der Waals surface area contributed by atoms with Gasteiger partial charge in [-0.15, -0.1) is 5.10 Å². The number of amides is 2. The molecule has 0 aromatic carbocycles. The van der Waals surface area contributed by atoms with Crippen LogP contribution in [0.15, 0.2) is 6.20 Å². The van der Waals surface area contributed by atoms with Crippen molar-refractivity contribution < 1.29 is 19.1 Å². The van der Waals surface area contributed by atoms with Gasteiger partial charge in [0.1, 0.15) is 0 Å². The first-order valence-corrected chi connectivity index (χ1v) is 8.13. The Morgan fingerprint density at radius 1 is 1.46 bits per heavy atom. The lowest BCUT2D eigenvalue weighted by molar-refractivity contribution is -0.141. The molecular formula is C15H23N5O4. The lowest BCUT2D eigenvalue weighted by Gasteiger charge is -2.40. The first-order valence-electron chi connectivity index (χ1n) is 8.13. The third-order valence-electron chi connectivity index (χ3n) is 4.53. The smallest absolute Gasteiger partial charge is 0.275 e. The van der Waals surface area contributed by atoms with Crippen molar-refractivity contribution in [2.45, 2.75) is 12.5 Å². The van der Waals surface area contributed by atoms with E-state index >= 15 is 0 Å². The van der Waals surface area contributed by atoms with E-state index in [9.17, 15) is 9.59 Å². The van der Waals surface area contributed by atoms with E-state index < -0.39 is 0 Å². The molecule has 1 unspecified atom stereocenters. The van der Waals surface area contributed by atoms with Crippen LogP contribution in [0.5, 0.6) is 0 Å². The quantitative estimate of drug-likeness (QED) is 0.690. The van der Waals surface area contributed by atoms with Crippen molar-refractivity contribution in [1.29, 1.82) is 0 Å². The Kier molecular flexibility index (Phi) is 5.10. The third-order valence-corrected chi connectivity index (χ3v) is 4.53. The summed E-state index contributed by atoms with van der Waals surface area (Å²) in [6.07, 6.45) is 2.45. The zero-order chi connectivity index (χ0) is 17.1. The number of ether oxygens (including phenoxy) is 2. The van der Waals surface area contributed by atoms with Gasteiger partial charge in [0.25, 0.3) is 5.91 Å². The van der Waals surface area contributed by atoms with E-state index in [4.69, 9.17) is 9.47 Å². The molecule has 9 heteroatoms. The first kappa shape index (κ1) is 16.8. The van der Waals surface area contributed by atoms with E-state index in [2.05, 4.69) is 10.3 Å². The van der Waals surface area contributed by atoms with Crippen molar-refractivity contribution in [3.05, 3.63) is 11.9 Å². The molecule has 3 heterocycles. The highest BCUT2D eigenvalue weighted by Gasteiger charge is 2.37. The number of nitrogens with zero attached hydrogens (tertiary/aromatic N) is 5. The Hall–Kier alpha value is -2.00. The van der Waals surface area contributed by atoms with E-state index in [0.29, 0.717) is 45.1 Å². The highest BCUT2D eigenvalue weighted by Crippen LogP contribution is 2.25. The molecule has 9 nitrogen and oxygen atoms in total. The average molecular weight is 337 g/mol. The number of carbonyl (C=O) groups is 2. The Bertz CT molecular complexity index is 592. The van der Waals surface area contributed by atoms with Gasteiger partial charge in [0.2, 0.25) is 5.91 Å². The fraction of sp³-hybridized carbons (Fsp3) is 0.733. The lowest BCUT2D eigenvalue weighted by atomic mass is 10.0. The van der Waals surface area contributed by atoms with Gasteiger partial charge in [-0.1, -0.05) is 5.21 Å². The van der Waals surface area contributed by atoms with Crippen LogP contribution < -0.4 is 0 Å². The van der Waals surface area contributed by atoms with Crippen LogP contribution in [0, 0.1) is 5.92 Å². The van der Waals surface area contributed by atoms with Gasteiger partial charge < -0.3 is 19.3 Å². The summed E-state index contributed by atoms with van der Waals surface area (Å²) in [5, 5.41) is 7.99. The molecule has 2 fully saturated rings. The van der Waals surface area contributed by atoms with Gasteiger partial charge in [-0.25, -0.2) is 4.68 Å². The van der Waals surface area contributed by atoms with Crippen LogP contribution >= 0.6 is 0 Å². The van der Waals surface area contributed by atoms with Gasteiger partial charge in [-0.3, -0.25) is 9.59 Å². The van der Waals surface area contributed by atoms with Gasteiger partial charge in [-0.05, 0) is 6.42 Å². The van der Waals surface area contributed by atoms with Crippen LogP contribution in [0.25, 0.3) is 0 Å². The zero-order valence-electron chi connectivity index (χ0n) is 14.1. The van der Waals surface area contributed by atoms with Crippen LogP contribution in [0.3, 0.4) is 0 Å². The molecule has 24 heavy (non-hydrogen) atoms. The molecule has 0 aliphatic carbocycles. The molecule has 2 saturated heterocycles. The van der Waals surface area contributed by atoms with Crippen molar-refractivity contribution in [2.24, 2.45) is 5.92 Å². The molecule has 2 aliphatic heterocycles. The van der Waals surface area contributed by atoms with Crippen LogP contribution in [0.2, 0.25) is 0 Å². The number of rotatable bonds is 6. The minimum atomic E-state index is -0.186. The molecule has 0 N–H and O–H groups in total. The van der Waals surface area contributed by atoms with E-state index in [-0.39, 0.29) is 23.8 Å². The van der Waals surface area contributed by atoms with E-state index in [1.165, 1.54) is 0 Å². The van der Waals surface area contributed by atoms with Crippen molar-refractivity contribution in [2.75, 3.05) is 53.6 Å². The Balaban J connectivity index is 1.52. The SMILES string of the molecule is COCCN(C)C(=O)c1cn(C2CN(C(=O)C3CCOC3)C2)nn1. The monoisotopic (exact) mass is 337 g/mol. The number of hydrogen-bond acceptors (Lipinski definition) is 6. The number of likely N-dealkylation sites (N-methyl/N-ethyl adjacent to an activating group) is 1. The minimum absolute atomic E-state index is 0.00623. The van der Waals surface area contributed by atoms with Crippen LogP contribution in [-0.4, -0.2) is 90.2 Å². The first-order chi connectivity index (χ1) is 11.6.